The highest BCUT2D eigenvalue weighted by Gasteiger charge is 2.22. The van der Waals surface area contributed by atoms with E-state index in [0.29, 0.717) is 6.04 Å². The van der Waals surface area contributed by atoms with Crippen molar-refractivity contribution in [2.45, 2.75) is 51.2 Å². The molecular weight excluding hydrogens is 353 g/mol. The van der Waals surface area contributed by atoms with Gasteiger partial charge >= 0.3 is 0 Å². The predicted octanol–water partition coefficient (Wildman–Crippen LogP) is 1.66. The van der Waals surface area contributed by atoms with Crippen molar-refractivity contribution in [2.24, 2.45) is 4.99 Å². The third-order valence-corrected chi connectivity index (χ3v) is 3.54. The molecule has 1 aromatic heterocycles. The average molecular weight is 375 g/mol. The molecule has 0 aromatic carbocycles. The van der Waals surface area contributed by atoms with Crippen molar-refractivity contribution in [1.82, 2.24) is 20.2 Å². The van der Waals surface area contributed by atoms with Gasteiger partial charge in [-0.15, -0.1) is 24.0 Å². The Morgan fingerprint density at radius 2 is 2.32 bits per heavy atom. The van der Waals surface area contributed by atoms with E-state index in [1.165, 1.54) is 31.5 Å². The van der Waals surface area contributed by atoms with Crippen LogP contribution in [0.15, 0.2) is 11.2 Å². The van der Waals surface area contributed by atoms with Gasteiger partial charge in [-0.05, 0) is 25.7 Å². The van der Waals surface area contributed by atoms with Crippen LogP contribution in [0.4, 0.5) is 0 Å². The molecule has 1 aliphatic heterocycles. The van der Waals surface area contributed by atoms with Gasteiger partial charge < -0.3 is 15.2 Å². The number of nitrogens with zero attached hydrogens (tertiary/aromatic N) is 3. The first kappa shape index (κ1) is 14.6. The summed E-state index contributed by atoms with van der Waals surface area (Å²) in [7, 11) is 1.82. The molecule has 0 bridgehead atoms. The summed E-state index contributed by atoms with van der Waals surface area (Å²) in [5, 5.41) is 6.71. The summed E-state index contributed by atoms with van der Waals surface area (Å²) in [6.07, 6.45) is 8.37. The second-order valence-corrected chi connectivity index (χ2v) is 5.14. The highest BCUT2D eigenvalue weighted by Crippen LogP contribution is 2.18. The van der Waals surface area contributed by atoms with E-state index in [4.69, 9.17) is 0 Å². The summed E-state index contributed by atoms with van der Waals surface area (Å²) in [5.74, 6) is 2.13. The van der Waals surface area contributed by atoms with Crippen LogP contribution in [0.5, 0.6) is 0 Å². The molecule has 19 heavy (non-hydrogen) atoms. The van der Waals surface area contributed by atoms with Crippen LogP contribution in [-0.4, -0.2) is 28.6 Å². The van der Waals surface area contributed by atoms with Crippen LogP contribution in [0.3, 0.4) is 0 Å². The number of halogens is 1. The molecule has 0 spiro atoms. The number of aromatic nitrogens is 2. The molecule has 3 rings (SSSR count). The Bertz CT molecular complexity index is 426. The second kappa shape index (κ2) is 6.58. The Kier molecular flexibility index (Phi) is 5.06. The molecule has 2 heterocycles. The van der Waals surface area contributed by atoms with Crippen molar-refractivity contribution in [2.75, 3.05) is 7.05 Å². The number of nitrogens with one attached hydrogen (secondary N) is 2. The van der Waals surface area contributed by atoms with E-state index in [2.05, 4.69) is 31.4 Å². The van der Waals surface area contributed by atoms with Gasteiger partial charge in [-0.25, -0.2) is 4.98 Å². The smallest absolute Gasteiger partial charge is 0.191 e. The summed E-state index contributed by atoms with van der Waals surface area (Å²) in [6.45, 7) is 1.88. The number of fused-ring (bicyclic) bond motifs is 1. The number of aryl methyl sites for hydroxylation is 2. The molecule has 1 saturated carbocycles. The Labute approximate surface area is 131 Å². The second-order valence-electron chi connectivity index (χ2n) is 5.14. The normalized spacial score (nSPS) is 18.5. The molecule has 0 radical (unpaired) electrons. The van der Waals surface area contributed by atoms with Crippen LogP contribution < -0.4 is 10.6 Å². The maximum absolute atomic E-state index is 4.67. The van der Waals surface area contributed by atoms with Gasteiger partial charge in [-0.2, -0.15) is 0 Å². The minimum atomic E-state index is 0. The fraction of sp³-hybridized carbons (Fsp3) is 0.692. The van der Waals surface area contributed by atoms with E-state index in [-0.39, 0.29) is 24.0 Å². The number of hydrogen-bond acceptors (Lipinski definition) is 2. The van der Waals surface area contributed by atoms with E-state index in [0.717, 1.165) is 31.2 Å². The van der Waals surface area contributed by atoms with Crippen molar-refractivity contribution in [3.05, 3.63) is 17.7 Å². The van der Waals surface area contributed by atoms with Gasteiger partial charge in [0, 0.05) is 32.3 Å². The average Bonchev–Trinajstić information content (AvgIpc) is 3.11. The summed E-state index contributed by atoms with van der Waals surface area (Å²) in [4.78, 5) is 8.89. The van der Waals surface area contributed by atoms with Crippen molar-refractivity contribution in [1.29, 1.82) is 0 Å². The maximum Gasteiger partial charge on any atom is 0.191 e. The summed E-state index contributed by atoms with van der Waals surface area (Å²) in [6, 6.07) is 0.631. The van der Waals surface area contributed by atoms with Gasteiger partial charge in [-0.3, -0.25) is 4.99 Å². The van der Waals surface area contributed by atoms with Gasteiger partial charge in [0.05, 0.1) is 12.2 Å². The molecule has 106 valence electrons. The van der Waals surface area contributed by atoms with Crippen LogP contribution in [0, 0.1) is 0 Å². The van der Waals surface area contributed by atoms with Gasteiger partial charge in [0.15, 0.2) is 5.96 Å². The molecule has 0 saturated heterocycles. The number of hydrogen-bond donors (Lipinski definition) is 2. The Hall–Kier alpha value is -0.790. The summed E-state index contributed by atoms with van der Waals surface area (Å²) >= 11 is 0. The molecule has 5 nitrogen and oxygen atoms in total. The Balaban J connectivity index is 0.00000133. The van der Waals surface area contributed by atoms with Crippen molar-refractivity contribution >= 4 is 29.9 Å². The fourth-order valence-electron chi connectivity index (χ4n) is 2.35. The third kappa shape index (κ3) is 3.84. The first-order chi connectivity index (χ1) is 8.85. The minimum absolute atomic E-state index is 0. The maximum atomic E-state index is 4.67. The van der Waals surface area contributed by atoms with Gasteiger partial charge in [0.25, 0.3) is 0 Å². The highest BCUT2D eigenvalue weighted by molar-refractivity contribution is 14.0. The highest BCUT2D eigenvalue weighted by atomic mass is 127. The zero-order valence-electron chi connectivity index (χ0n) is 11.4. The van der Waals surface area contributed by atoms with Crippen molar-refractivity contribution in [3.63, 3.8) is 0 Å². The SMILES string of the molecule is CN=C(NCc1cn2c(n1)CCCC2)NC1CC1.I. The van der Waals surface area contributed by atoms with Crippen LogP contribution >= 0.6 is 24.0 Å². The lowest BCUT2D eigenvalue weighted by atomic mass is 10.2. The molecule has 1 aromatic rings. The van der Waals surface area contributed by atoms with E-state index >= 15 is 0 Å². The first-order valence-electron chi connectivity index (χ1n) is 6.87. The van der Waals surface area contributed by atoms with E-state index in [9.17, 15) is 0 Å². The topological polar surface area (TPSA) is 54.2 Å². The van der Waals surface area contributed by atoms with Crippen LogP contribution in [-0.2, 0) is 19.5 Å². The van der Waals surface area contributed by atoms with Crippen molar-refractivity contribution in [3.8, 4) is 0 Å². The lowest BCUT2D eigenvalue weighted by Gasteiger charge is -2.11. The predicted molar refractivity (Wildman–Crippen MR) is 86.9 cm³/mol. The van der Waals surface area contributed by atoms with Crippen LogP contribution in [0.25, 0.3) is 0 Å². The fourth-order valence-corrected chi connectivity index (χ4v) is 2.35. The molecule has 2 aliphatic rings. The Morgan fingerprint density at radius 1 is 1.47 bits per heavy atom. The molecule has 0 unspecified atom stereocenters. The number of guanidine groups is 1. The standard InChI is InChI=1S/C13H21N5.HI/c1-14-13(17-10-5-6-10)15-8-11-9-18-7-3-2-4-12(18)16-11;/h9-10H,2-8H2,1H3,(H2,14,15,17);1H. The lowest BCUT2D eigenvalue weighted by Crippen LogP contribution is -2.38. The van der Waals surface area contributed by atoms with Crippen molar-refractivity contribution < 1.29 is 0 Å². The first-order valence-corrected chi connectivity index (χ1v) is 6.87. The largest absolute Gasteiger partial charge is 0.354 e. The summed E-state index contributed by atoms with van der Waals surface area (Å²) < 4.78 is 2.29. The van der Waals surface area contributed by atoms with Gasteiger partial charge in [0.1, 0.15) is 5.82 Å². The monoisotopic (exact) mass is 375 g/mol. The molecule has 0 amide bonds. The van der Waals surface area contributed by atoms with Crippen LogP contribution in [0.1, 0.15) is 37.2 Å². The molecule has 1 aliphatic carbocycles. The van der Waals surface area contributed by atoms with Crippen LogP contribution in [0.2, 0.25) is 0 Å². The third-order valence-electron chi connectivity index (χ3n) is 3.54. The molecule has 1 fully saturated rings. The van der Waals surface area contributed by atoms with E-state index in [1.54, 1.807) is 0 Å². The lowest BCUT2D eigenvalue weighted by molar-refractivity contribution is 0.522. The van der Waals surface area contributed by atoms with E-state index in [1.807, 2.05) is 7.05 Å². The molecule has 2 N–H and O–H groups in total. The molecule has 0 atom stereocenters. The number of aliphatic imine (C=N–C) groups is 1. The van der Waals surface area contributed by atoms with Gasteiger partial charge in [-0.1, -0.05) is 0 Å². The zero-order chi connectivity index (χ0) is 12.4. The molecule has 6 heteroatoms. The molecular formula is C13H22IN5. The Morgan fingerprint density at radius 3 is 3.00 bits per heavy atom. The minimum Gasteiger partial charge on any atom is -0.354 e. The number of rotatable bonds is 3. The summed E-state index contributed by atoms with van der Waals surface area (Å²) in [5.41, 5.74) is 1.12. The van der Waals surface area contributed by atoms with Gasteiger partial charge in [0.2, 0.25) is 0 Å². The quantitative estimate of drug-likeness (QED) is 0.480. The number of imidazole rings is 1. The van der Waals surface area contributed by atoms with E-state index < -0.39 is 0 Å². The zero-order valence-corrected chi connectivity index (χ0v) is 13.7.